The Hall–Kier alpha value is -1.29. The Balaban J connectivity index is 3.28. The molecular weight excluding hydrogens is 224 g/mol. The molecule has 0 aliphatic heterocycles. The van der Waals surface area contributed by atoms with Crippen molar-refractivity contribution >= 4 is 5.78 Å². The van der Waals surface area contributed by atoms with Gasteiger partial charge in [-0.2, -0.15) is 0 Å². The number of Topliss-reactive ketones (excluding diaryl/α,β-unsaturated/α-hetero) is 1. The number of hydrogen-bond donors (Lipinski definition) is 1. The van der Waals surface area contributed by atoms with Crippen molar-refractivity contribution < 1.29 is 13.6 Å². The molecule has 0 heterocycles. The molecule has 0 aliphatic rings. The van der Waals surface area contributed by atoms with Crippen molar-refractivity contribution in [3.8, 4) is 0 Å². The normalized spacial score (nSPS) is 11.6. The summed E-state index contributed by atoms with van der Waals surface area (Å²) in [4.78, 5) is 12.2. The largest absolute Gasteiger partial charge is 0.329 e. The van der Waals surface area contributed by atoms with Crippen LogP contribution in [0.1, 0.15) is 37.0 Å². The summed E-state index contributed by atoms with van der Waals surface area (Å²) in [6, 6.07) is 3.41. The lowest BCUT2D eigenvalue weighted by Gasteiger charge is -2.28. The van der Waals surface area contributed by atoms with Crippen molar-refractivity contribution in [1.29, 1.82) is 0 Å². The van der Waals surface area contributed by atoms with Gasteiger partial charge in [0.25, 0.3) is 0 Å². The summed E-state index contributed by atoms with van der Waals surface area (Å²) in [5, 5.41) is 0. The highest BCUT2D eigenvalue weighted by molar-refractivity contribution is 6.01. The molecule has 4 heteroatoms. The predicted molar refractivity (Wildman–Crippen MR) is 62.8 cm³/mol. The minimum atomic E-state index is -0.872. The van der Waals surface area contributed by atoms with E-state index in [9.17, 15) is 13.6 Å². The Bertz CT molecular complexity index is 385. The second-order valence-corrected chi connectivity index (χ2v) is 4.12. The van der Waals surface area contributed by atoms with Crippen LogP contribution in [0.2, 0.25) is 0 Å². The Kier molecular flexibility index (Phi) is 4.34. The molecule has 0 aromatic heterocycles. The van der Waals surface area contributed by atoms with Gasteiger partial charge in [-0.1, -0.05) is 19.9 Å². The van der Waals surface area contributed by atoms with Crippen LogP contribution in [0.25, 0.3) is 0 Å². The van der Waals surface area contributed by atoms with Crippen LogP contribution >= 0.6 is 0 Å². The highest BCUT2D eigenvalue weighted by atomic mass is 19.1. The number of benzene rings is 1. The van der Waals surface area contributed by atoms with Gasteiger partial charge in [-0.05, 0) is 25.0 Å². The van der Waals surface area contributed by atoms with Crippen molar-refractivity contribution in [2.45, 2.75) is 26.7 Å². The zero-order valence-corrected chi connectivity index (χ0v) is 10.1. The molecule has 0 saturated heterocycles. The molecule has 1 aromatic rings. The smallest absolute Gasteiger partial charge is 0.176 e. The average molecular weight is 241 g/mol. The molecular formula is C13H17F2NO. The summed E-state index contributed by atoms with van der Waals surface area (Å²) in [5.41, 5.74) is 4.26. The Morgan fingerprint density at radius 3 is 2.06 bits per heavy atom. The maximum absolute atomic E-state index is 13.5. The van der Waals surface area contributed by atoms with Gasteiger partial charge in [-0.25, -0.2) is 8.78 Å². The van der Waals surface area contributed by atoms with E-state index < -0.39 is 28.4 Å². The molecule has 1 rings (SSSR count). The number of carbonyl (C=O) groups excluding carboxylic acids is 1. The van der Waals surface area contributed by atoms with Gasteiger partial charge in [0, 0.05) is 12.0 Å². The van der Waals surface area contributed by atoms with Crippen molar-refractivity contribution in [2.75, 3.05) is 6.54 Å². The molecule has 17 heavy (non-hydrogen) atoms. The van der Waals surface area contributed by atoms with E-state index in [4.69, 9.17) is 5.73 Å². The van der Waals surface area contributed by atoms with Crippen molar-refractivity contribution in [2.24, 2.45) is 11.1 Å². The first-order chi connectivity index (χ1) is 8.02. The zero-order chi connectivity index (χ0) is 13.1. The van der Waals surface area contributed by atoms with Gasteiger partial charge in [-0.15, -0.1) is 0 Å². The Morgan fingerprint density at radius 1 is 1.24 bits per heavy atom. The van der Waals surface area contributed by atoms with Gasteiger partial charge < -0.3 is 5.73 Å². The fourth-order valence-electron chi connectivity index (χ4n) is 1.93. The number of nitrogens with two attached hydrogens (primary N) is 1. The van der Waals surface area contributed by atoms with E-state index in [0.29, 0.717) is 12.8 Å². The third kappa shape index (κ3) is 2.36. The molecule has 0 saturated carbocycles. The van der Waals surface area contributed by atoms with E-state index in [1.807, 2.05) is 0 Å². The van der Waals surface area contributed by atoms with E-state index in [1.165, 1.54) is 6.07 Å². The van der Waals surface area contributed by atoms with E-state index in [1.54, 1.807) is 13.8 Å². The summed E-state index contributed by atoms with van der Waals surface area (Å²) in [5.74, 6) is -2.19. The third-order valence-corrected chi connectivity index (χ3v) is 3.42. The summed E-state index contributed by atoms with van der Waals surface area (Å²) in [6.07, 6.45) is 0.930. The van der Waals surface area contributed by atoms with Crippen LogP contribution in [0.5, 0.6) is 0 Å². The maximum Gasteiger partial charge on any atom is 0.176 e. The van der Waals surface area contributed by atoms with E-state index >= 15 is 0 Å². The number of hydrogen-bond acceptors (Lipinski definition) is 2. The quantitative estimate of drug-likeness (QED) is 0.805. The van der Waals surface area contributed by atoms with Crippen molar-refractivity contribution in [3.05, 3.63) is 35.4 Å². The molecule has 2 N–H and O–H groups in total. The molecule has 0 atom stereocenters. The molecule has 94 valence electrons. The summed E-state index contributed by atoms with van der Waals surface area (Å²) in [6.45, 7) is 3.69. The fourth-order valence-corrected chi connectivity index (χ4v) is 1.93. The topological polar surface area (TPSA) is 43.1 Å². The second-order valence-electron chi connectivity index (χ2n) is 4.12. The minimum Gasteiger partial charge on any atom is -0.329 e. The molecule has 0 bridgehead atoms. The monoisotopic (exact) mass is 241 g/mol. The van der Waals surface area contributed by atoms with Crippen LogP contribution in [0.15, 0.2) is 18.2 Å². The first-order valence-electron chi connectivity index (χ1n) is 5.71. The van der Waals surface area contributed by atoms with E-state index in [0.717, 1.165) is 12.1 Å². The molecule has 0 amide bonds. The molecule has 0 radical (unpaired) electrons. The molecule has 0 spiro atoms. The summed E-state index contributed by atoms with van der Waals surface area (Å²) < 4.78 is 27.1. The molecule has 0 fully saturated rings. The van der Waals surface area contributed by atoms with Crippen LogP contribution in [-0.2, 0) is 0 Å². The summed E-state index contributed by atoms with van der Waals surface area (Å²) in [7, 11) is 0. The Labute approximate surface area is 99.8 Å². The van der Waals surface area contributed by atoms with Crippen LogP contribution in [0.3, 0.4) is 0 Å². The molecule has 0 unspecified atom stereocenters. The Morgan fingerprint density at radius 2 is 1.71 bits per heavy atom. The first kappa shape index (κ1) is 13.8. The number of halogens is 2. The van der Waals surface area contributed by atoms with Gasteiger partial charge in [-0.3, -0.25) is 4.79 Å². The van der Waals surface area contributed by atoms with Crippen LogP contribution in [0.4, 0.5) is 8.78 Å². The zero-order valence-electron chi connectivity index (χ0n) is 10.1. The van der Waals surface area contributed by atoms with Crippen molar-refractivity contribution in [3.63, 3.8) is 0 Å². The van der Waals surface area contributed by atoms with E-state index in [2.05, 4.69) is 0 Å². The lowest BCUT2D eigenvalue weighted by molar-refractivity contribution is 0.0778. The van der Waals surface area contributed by atoms with Gasteiger partial charge >= 0.3 is 0 Å². The number of rotatable bonds is 5. The summed E-state index contributed by atoms with van der Waals surface area (Å²) >= 11 is 0. The molecule has 1 aromatic carbocycles. The first-order valence-corrected chi connectivity index (χ1v) is 5.71. The minimum absolute atomic E-state index is 0.0899. The SMILES string of the molecule is CCC(CC)(CN)C(=O)c1c(F)cccc1F. The highest BCUT2D eigenvalue weighted by Gasteiger charge is 2.36. The number of ketones is 1. The molecule has 2 nitrogen and oxygen atoms in total. The second kappa shape index (κ2) is 5.36. The predicted octanol–water partition coefficient (Wildman–Crippen LogP) is 2.91. The average Bonchev–Trinajstić information content (AvgIpc) is 2.32. The van der Waals surface area contributed by atoms with Gasteiger partial charge in [0.15, 0.2) is 5.78 Å². The highest BCUT2D eigenvalue weighted by Crippen LogP contribution is 2.31. The number of carbonyl (C=O) groups is 1. The lowest BCUT2D eigenvalue weighted by Crippen LogP contribution is -2.38. The fraction of sp³-hybridized carbons (Fsp3) is 0.462. The van der Waals surface area contributed by atoms with Crippen LogP contribution < -0.4 is 5.73 Å². The standard InChI is InChI=1S/C13H17F2NO/c1-3-13(4-2,8-16)12(17)11-9(14)6-5-7-10(11)15/h5-7H,3-4,8,16H2,1-2H3. The van der Waals surface area contributed by atoms with Gasteiger partial charge in [0.05, 0.1) is 5.56 Å². The molecule has 0 aliphatic carbocycles. The maximum atomic E-state index is 13.5. The third-order valence-electron chi connectivity index (χ3n) is 3.42. The van der Waals surface area contributed by atoms with Gasteiger partial charge in [0.2, 0.25) is 0 Å². The van der Waals surface area contributed by atoms with Crippen LogP contribution in [-0.4, -0.2) is 12.3 Å². The van der Waals surface area contributed by atoms with E-state index in [-0.39, 0.29) is 6.54 Å². The van der Waals surface area contributed by atoms with Crippen molar-refractivity contribution in [1.82, 2.24) is 0 Å². The van der Waals surface area contributed by atoms with Crippen LogP contribution in [0, 0.1) is 17.0 Å². The lowest BCUT2D eigenvalue weighted by atomic mass is 9.75. The van der Waals surface area contributed by atoms with Gasteiger partial charge in [0.1, 0.15) is 11.6 Å².